The molecule has 132 valence electrons. The third-order valence-corrected chi connectivity index (χ3v) is 4.90. The fourth-order valence-corrected chi connectivity index (χ4v) is 3.53. The molecule has 26 heavy (non-hydrogen) atoms. The lowest BCUT2D eigenvalue weighted by Gasteiger charge is -2.15. The molecule has 0 saturated carbocycles. The molecule has 0 N–H and O–H groups in total. The van der Waals surface area contributed by atoms with Crippen LogP contribution in [0.4, 0.5) is 4.39 Å². The van der Waals surface area contributed by atoms with Crippen LogP contribution in [-0.4, -0.2) is 40.6 Å². The fourth-order valence-electron chi connectivity index (χ4n) is 2.69. The van der Waals surface area contributed by atoms with Crippen molar-refractivity contribution >= 4 is 17.5 Å². The van der Waals surface area contributed by atoms with Crippen LogP contribution in [0, 0.1) is 5.82 Å². The smallest absolute Gasteiger partial charge is 0.212 e. The minimum Gasteiger partial charge on any atom is -0.493 e. The minimum absolute atomic E-state index is 0.326. The number of rotatable bonds is 4. The highest BCUT2D eigenvalue weighted by Crippen LogP contribution is 2.32. The summed E-state index contributed by atoms with van der Waals surface area (Å²) < 4.78 is 25.9. The molecule has 0 radical (unpaired) electrons. The van der Waals surface area contributed by atoms with Gasteiger partial charge in [-0.3, -0.25) is 0 Å². The van der Waals surface area contributed by atoms with Crippen LogP contribution in [0.5, 0.6) is 11.5 Å². The van der Waals surface area contributed by atoms with E-state index in [0.717, 1.165) is 11.3 Å². The van der Waals surface area contributed by atoms with E-state index in [2.05, 4.69) is 15.3 Å². The van der Waals surface area contributed by atoms with Gasteiger partial charge in [-0.1, -0.05) is 23.9 Å². The van der Waals surface area contributed by atoms with Crippen molar-refractivity contribution in [1.82, 2.24) is 14.9 Å². The summed E-state index contributed by atoms with van der Waals surface area (Å²) in [6, 6.07) is 11.9. The molecule has 1 aliphatic rings. The standard InChI is InChI=1S/C18H15FN4O2S/c1-24-15-7-6-11(9-16(15)25-2)14-10-26-18-21-20-17(23(18)22-14)12-4-3-5-13(19)8-12/h3-9H,10H2,1-2H3. The van der Waals surface area contributed by atoms with Crippen LogP contribution in [0.2, 0.25) is 0 Å². The van der Waals surface area contributed by atoms with E-state index in [4.69, 9.17) is 9.47 Å². The molecule has 0 amide bonds. The summed E-state index contributed by atoms with van der Waals surface area (Å²) in [5.74, 6) is 2.12. The van der Waals surface area contributed by atoms with Crippen molar-refractivity contribution in [3.05, 3.63) is 53.8 Å². The average molecular weight is 370 g/mol. The Hall–Kier alpha value is -2.87. The molecule has 0 aliphatic carbocycles. The topological polar surface area (TPSA) is 61.5 Å². The summed E-state index contributed by atoms with van der Waals surface area (Å²) in [5.41, 5.74) is 2.39. The zero-order valence-electron chi connectivity index (χ0n) is 14.1. The summed E-state index contributed by atoms with van der Waals surface area (Å²) in [4.78, 5) is 0. The molecule has 2 heterocycles. The number of methoxy groups -OCH3 is 2. The number of thioether (sulfide) groups is 1. The quantitative estimate of drug-likeness (QED) is 0.704. The van der Waals surface area contributed by atoms with E-state index in [1.165, 1.54) is 23.9 Å². The summed E-state index contributed by atoms with van der Waals surface area (Å²) in [6.07, 6.45) is 0. The normalized spacial score (nSPS) is 13.1. The van der Waals surface area contributed by atoms with Crippen LogP contribution < -0.4 is 9.47 Å². The Balaban J connectivity index is 1.77. The Bertz CT molecular complexity index is 1000. The first-order valence-corrected chi connectivity index (χ1v) is 8.82. The Morgan fingerprint density at radius 3 is 2.62 bits per heavy atom. The lowest BCUT2D eigenvalue weighted by molar-refractivity contribution is 0.355. The predicted molar refractivity (Wildman–Crippen MR) is 97.6 cm³/mol. The number of halogens is 1. The van der Waals surface area contributed by atoms with Gasteiger partial charge in [-0.15, -0.1) is 10.2 Å². The van der Waals surface area contributed by atoms with Crippen LogP contribution in [-0.2, 0) is 0 Å². The van der Waals surface area contributed by atoms with Gasteiger partial charge in [-0.05, 0) is 30.3 Å². The molecule has 1 aromatic heterocycles. The number of benzene rings is 2. The van der Waals surface area contributed by atoms with Gasteiger partial charge in [-0.25, -0.2) is 4.39 Å². The van der Waals surface area contributed by atoms with E-state index < -0.39 is 0 Å². The van der Waals surface area contributed by atoms with Gasteiger partial charge in [0.25, 0.3) is 0 Å². The molecular formula is C18H15FN4O2S. The second kappa shape index (κ2) is 6.80. The summed E-state index contributed by atoms with van der Waals surface area (Å²) in [6.45, 7) is 0. The third-order valence-electron chi connectivity index (χ3n) is 3.97. The van der Waals surface area contributed by atoms with Gasteiger partial charge in [0.05, 0.1) is 19.9 Å². The van der Waals surface area contributed by atoms with Crippen LogP contribution in [0.15, 0.2) is 52.7 Å². The zero-order valence-corrected chi connectivity index (χ0v) is 15.0. The van der Waals surface area contributed by atoms with Gasteiger partial charge < -0.3 is 9.47 Å². The van der Waals surface area contributed by atoms with Crippen LogP contribution in [0.1, 0.15) is 5.56 Å². The first kappa shape index (κ1) is 16.6. The first-order valence-electron chi connectivity index (χ1n) is 7.84. The maximum atomic E-state index is 13.6. The number of aromatic nitrogens is 3. The number of ether oxygens (including phenoxy) is 2. The molecule has 3 aromatic rings. The molecule has 0 bridgehead atoms. The monoisotopic (exact) mass is 370 g/mol. The van der Waals surface area contributed by atoms with Crippen LogP contribution >= 0.6 is 11.8 Å². The van der Waals surface area contributed by atoms with Crippen molar-refractivity contribution in [2.24, 2.45) is 5.10 Å². The molecular weight excluding hydrogens is 355 g/mol. The molecule has 6 nitrogen and oxygen atoms in total. The van der Waals surface area contributed by atoms with E-state index in [1.807, 2.05) is 18.2 Å². The van der Waals surface area contributed by atoms with E-state index in [-0.39, 0.29) is 5.82 Å². The first-order chi connectivity index (χ1) is 12.7. The molecule has 0 saturated heterocycles. The highest BCUT2D eigenvalue weighted by atomic mass is 32.2. The zero-order chi connectivity index (χ0) is 18.1. The molecule has 1 aliphatic heterocycles. The maximum absolute atomic E-state index is 13.6. The Labute approximate surface area is 153 Å². The SMILES string of the molecule is COc1ccc(C2=Nn3c(nnc3-c3cccc(F)c3)SC2)cc1OC. The van der Waals surface area contributed by atoms with Crippen molar-refractivity contribution in [2.75, 3.05) is 20.0 Å². The van der Waals surface area contributed by atoms with Gasteiger partial charge in [0.15, 0.2) is 17.3 Å². The predicted octanol–water partition coefficient (Wildman–Crippen LogP) is 3.46. The molecule has 0 unspecified atom stereocenters. The van der Waals surface area contributed by atoms with Gasteiger partial charge in [0, 0.05) is 16.9 Å². The third kappa shape index (κ3) is 2.92. The average Bonchev–Trinajstić information content (AvgIpc) is 3.10. The summed E-state index contributed by atoms with van der Waals surface area (Å²) >= 11 is 1.53. The van der Waals surface area contributed by atoms with Gasteiger partial charge >= 0.3 is 0 Å². The van der Waals surface area contributed by atoms with Gasteiger partial charge in [0.1, 0.15) is 5.82 Å². The largest absolute Gasteiger partial charge is 0.493 e. The number of nitrogens with zero attached hydrogens (tertiary/aromatic N) is 4. The second-order valence-electron chi connectivity index (χ2n) is 5.53. The maximum Gasteiger partial charge on any atom is 0.212 e. The van der Waals surface area contributed by atoms with Crippen LogP contribution in [0.3, 0.4) is 0 Å². The van der Waals surface area contributed by atoms with E-state index in [9.17, 15) is 4.39 Å². The van der Waals surface area contributed by atoms with Crippen molar-refractivity contribution in [1.29, 1.82) is 0 Å². The van der Waals surface area contributed by atoms with Crippen molar-refractivity contribution < 1.29 is 13.9 Å². The van der Waals surface area contributed by atoms with Gasteiger partial charge in [0.2, 0.25) is 5.16 Å². The van der Waals surface area contributed by atoms with Crippen molar-refractivity contribution in [3.63, 3.8) is 0 Å². The lowest BCUT2D eigenvalue weighted by Crippen LogP contribution is -2.14. The molecule has 8 heteroatoms. The molecule has 4 rings (SSSR count). The number of fused-ring (bicyclic) bond motifs is 1. The highest BCUT2D eigenvalue weighted by Gasteiger charge is 2.21. The second-order valence-corrected chi connectivity index (χ2v) is 6.48. The van der Waals surface area contributed by atoms with Crippen molar-refractivity contribution in [3.8, 4) is 22.9 Å². The Morgan fingerprint density at radius 1 is 1.00 bits per heavy atom. The molecule has 0 fully saturated rings. The number of hydrogen-bond acceptors (Lipinski definition) is 6. The van der Waals surface area contributed by atoms with Crippen LogP contribution in [0.25, 0.3) is 11.4 Å². The lowest BCUT2D eigenvalue weighted by atomic mass is 10.1. The highest BCUT2D eigenvalue weighted by molar-refractivity contribution is 7.99. The molecule has 0 spiro atoms. The minimum atomic E-state index is -0.326. The van der Waals surface area contributed by atoms with Crippen molar-refractivity contribution in [2.45, 2.75) is 5.16 Å². The van der Waals surface area contributed by atoms with E-state index in [0.29, 0.717) is 33.8 Å². The fraction of sp³-hybridized carbons (Fsp3) is 0.167. The summed E-state index contributed by atoms with van der Waals surface area (Å²) in [5, 5.41) is 13.7. The van der Waals surface area contributed by atoms with E-state index in [1.54, 1.807) is 31.0 Å². The number of hydrogen-bond donors (Lipinski definition) is 0. The van der Waals surface area contributed by atoms with Gasteiger partial charge in [-0.2, -0.15) is 9.78 Å². The Kier molecular flexibility index (Phi) is 4.34. The summed E-state index contributed by atoms with van der Waals surface area (Å²) in [7, 11) is 3.19. The van der Waals surface area contributed by atoms with E-state index >= 15 is 0 Å². The molecule has 2 aromatic carbocycles. The molecule has 0 atom stereocenters. The Morgan fingerprint density at radius 2 is 1.85 bits per heavy atom.